The average molecular weight is 262 g/mol. The molecule has 4 heteroatoms. The van der Waals surface area contributed by atoms with Gasteiger partial charge in [-0.1, -0.05) is 12.1 Å². The Hall–Kier alpha value is -1.71. The van der Waals surface area contributed by atoms with Gasteiger partial charge < -0.3 is 14.5 Å². The van der Waals surface area contributed by atoms with Crippen LogP contribution < -0.4 is 9.64 Å². The molecule has 1 heterocycles. The first-order valence-corrected chi connectivity index (χ1v) is 6.84. The van der Waals surface area contributed by atoms with Crippen LogP contribution in [0, 0.1) is 0 Å². The van der Waals surface area contributed by atoms with Gasteiger partial charge >= 0.3 is 0 Å². The van der Waals surface area contributed by atoms with E-state index < -0.39 is 0 Å². The Labute approximate surface area is 115 Å². The van der Waals surface area contributed by atoms with Crippen LogP contribution in [-0.2, 0) is 4.79 Å². The highest BCUT2D eigenvalue weighted by Gasteiger charge is 2.20. The van der Waals surface area contributed by atoms with Crippen LogP contribution in [0.4, 0.5) is 5.69 Å². The quantitative estimate of drug-likeness (QED) is 0.836. The summed E-state index contributed by atoms with van der Waals surface area (Å²) in [5.41, 5.74) is 1.12. The number of hydrogen-bond acceptors (Lipinski definition) is 3. The van der Waals surface area contributed by atoms with Gasteiger partial charge in [-0.25, -0.2) is 0 Å². The highest BCUT2D eigenvalue weighted by atomic mass is 16.5. The number of piperazine rings is 1. The second-order valence-electron chi connectivity index (χ2n) is 5.13. The van der Waals surface area contributed by atoms with Crippen LogP contribution in [0.1, 0.15) is 20.8 Å². The van der Waals surface area contributed by atoms with Gasteiger partial charge in [-0.2, -0.15) is 0 Å². The molecule has 0 aliphatic carbocycles. The predicted molar refractivity (Wildman–Crippen MR) is 76.7 cm³/mol. The summed E-state index contributed by atoms with van der Waals surface area (Å²) in [4.78, 5) is 15.5. The summed E-state index contributed by atoms with van der Waals surface area (Å²) in [6, 6.07) is 8.11. The highest BCUT2D eigenvalue weighted by molar-refractivity contribution is 5.73. The van der Waals surface area contributed by atoms with E-state index in [9.17, 15) is 4.79 Å². The molecule has 4 nitrogen and oxygen atoms in total. The van der Waals surface area contributed by atoms with Crippen molar-refractivity contribution in [1.29, 1.82) is 0 Å². The zero-order chi connectivity index (χ0) is 13.8. The molecule has 0 N–H and O–H groups in total. The van der Waals surface area contributed by atoms with Gasteiger partial charge in [0, 0.05) is 33.1 Å². The number of nitrogens with zero attached hydrogens (tertiary/aromatic N) is 2. The van der Waals surface area contributed by atoms with E-state index in [2.05, 4.69) is 11.0 Å². The fraction of sp³-hybridized carbons (Fsp3) is 0.533. The van der Waals surface area contributed by atoms with Crippen LogP contribution in [0.3, 0.4) is 0 Å². The number of para-hydroxylation sites is 2. The first kappa shape index (κ1) is 13.7. The number of carbonyl (C=O) groups excluding carboxylic acids is 1. The number of ether oxygens (including phenoxy) is 1. The predicted octanol–water partition coefficient (Wildman–Crippen LogP) is 2.14. The van der Waals surface area contributed by atoms with Crippen molar-refractivity contribution in [2.24, 2.45) is 0 Å². The molecule has 0 spiro atoms. The minimum absolute atomic E-state index is 0.159. The smallest absolute Gasteiger partial charge is 0.219 e. The number of rotatable bonds is 3. The average Bonchev–Trinajstić information content (AvgIpc) is 2.39. The Kier molecular flexibility index (Phi) is 4.30. The molecule has 1 aliphatic heterocycles. The molecule has 1 fully saturated rings. The van der Waals surface area contributed by atoms with E-state index in [1.54, 1.807) is 6.92 Å². The van der Waals surface area contributed by atoms with E-state index in [0.29, 0.717) is 0 Å². The maximum absolute atomic E-state index is 11.3. The number of hydrogen-bond donors (Lipinski definition) is 0. The summed E-state index contributed by atoms with van der Waals surface area (Å²) in [5, 5.41) is 0. The van der Waals surface area contributed by atoms with Crippen LogP contribution >= 0.6 is 0 Å². The lowest BCUT2D eigenvalue weighted by atomic mass is 10.2. The van der Waals surface area contributed by atoms with Gasteiger partial charge in [0.2, 0.25) is 5.91 Å². The van der Waals surface area contributed by atoms with Gasteiger partial charge in [0.15, 0.2) is 0 Å². The Morgan fingerprint density at radius 2 is 1.79 bits per heavy atom. The first-order valence-electron chi connectivity index (χ1n) is 6.84. The van der Waals surface area contributed by atoms with Crippen molar-refractivity contribution < 1.29 is 9.53 Å². The molecule has 104 valence electrons. The van der Waals surface area contributed by atoms with Crippen molar-refractivity contribution in [3.05, 3.63) is 24.3 Å². The van der Waals surface area contributed by atoms with E-state index in [1.807, 2.05) is 36.9 Å². The maximum Gasteiger partial charge on any atom is 0.219 e. The molecule has 1 aliphatic rings. The summed E-state index contributed by atoms with van der Waals surface area (Å²) < 4.78 is 5.85. The third kappa shape index (κ3) is 3.40. The van der Waals surface area contributed by atoms with E-state index in [-0.39, 0.29) is 12.0 Å². The third-order valence-corrected chi connectivity index (χ3v) is 3.29. The molecular formula is C15H22N2O2. The van der Waals surface area contributed by atoms with E-state index in [1.165, 1.54) is 0 Å². The number of carbonyl (C=O) groups is 1. The maximum atomic E-state index is 11.3. The summed E-state index contributed by atoms with van der Waals surface area (Å²) in [5.74, 6) is 1.08. The molecule has 0 bridgehead atoms. The lowest BCUT2D eigenvalue weighted by Gasteiger charge is -2.36. The van der Waals surface area contributed by atoms with Gasteiger partial charge in [-0.05, 0) is 26.0 Å². The Balaban J connectivity index is 2.08. The molecule has 0 aromatic heterocycles. The van der Waals surface area contributed by atoms with Crippen LogP contribution in [0.5, 0.6) is 5.75 Å². The van der Waals surface area contributed by atoms with Crippen molar-refractivity contribution in [3.8, 4) is 5.75 Å². The van der Waals surface area contributed by atoms with Crippen LogP contribution in [-0.4, -0.2) is 43.1 Å². The molecular weight excluding hydrogens is 240 g/mol. The Morgan fingerprint density at radius 3 is 2.37 bits per heavy atom. The topological polar surface area (TPSA) is 32.8 Å². The SMILES string of the molecule is CC(=O)N1CCN(c2ccccc2OC(C)C)CC1. The summed E-state index contributed by atoms with van der Waals surface area (Å²) in [7, 11) is 0. The van der Waals surface area contributed by atoms with Crippen LogP contribution in [0.25, 0.3) is 0 Å². The van der Waals surface area contributed by atoms with Gasteiger partial charge in [0.1, 0.15) is 5.75 Å². The standard InChI is InChI=1S/C15H22N2O2/c1-12(2)19-15-7-5-4-6-14(15)17-10-8-16(9-11-17)13(3)18/h4-7,12H,8-11H2,1-3H3. The minimum Gasteiger partial charge on any atom is -0.489 e. The number of amides is 1. The highest BCUT2D eigenvalue weighted by Crippen LogP contribution is 2.29. The van der Waals surface area contributed by atoms with E-state index in [4.69, 9.17) is 4.74 Å². The van der Waals surface area contributed by atoms with Crippen molar-refractivity contribution in [1.82, 2.24) is 4.90 Å². The van der Waals surface area contributed by atoms with Crippen molar-refractivity contribution in [2.45, 2.75) is 26.9 Å². The van der Waals surface area contributed by atoms with Gasteiger partial charge in [0.25, 0.3) is 0 Å². The molecule has 1 saturated heterocycles. The van der Waals surface area contributed by atoms with Crippen LogP contribution in [0.15, 0.2) is 24.3 Å². The van der Waals surface area contributed by atoms with Crippen molar-refractivity contribution in [3.63, 3.8) is 0 Å². The molecule has 19 heavy (non-hydrogen) atoms. The summed E-state index contributed by atoms with van der Waals surface area (Å²) in [6.07, 6.45) is 0.166. The van der Waals surface area contributed by atoms with Crippen molar-refractivity contribution >= 4 is 11.6 Å². The van der Waals surface area contributed by atoms with E-state index in [0.717, 1.165) is 37.6 Å². The van der Waals surface area contributed by atoms with Crippen LogP contribution in [0.2, 0.25) is 0 Å². The van der Waals surface area contributed by atoms with Gasteiger partial charge in [0.05, 0.1) is 11.8 Å². The molecule has 0 saturated carbocycles. The molecule has 0 radical (unpaired) electrons. The lowest BCUT2D eigenvalue weighted by Crippen LogP contribution is -2.48. The van der Waals surface area contributed by atoms with Gasteiger partial charge in [-0.3, -0.25) is 4.79 Å². The molecule has 0 unspecified atom stereocenters. The van der Waals surface area contributed by atoms with Gasteiger partial charge in [-0.15, -0.1) is 0 Å². The fourth-order valence-electron chi connectivity index (χ4n) is 2.33. The zero-order valence-electron chi connectivity index (χ0n) is 11.9. The third-order valence-electron chi connectivity index (χ3n) is 3.29. The molecule has 0 atom stereocenters. The number of benzene rings is 1. The summed E-state index contributed by atoms with van der Waals surface area (Å²) in [6.45, 7) is 8.98. The Morgan fingerprint density at radius 1 is 1.16 bits per heavy atom. The normalized spacial score (nSPS) is 15.8. The van der Waals surface area contributed by atoms with E-state index >= 15 is 0 Å². The van der Waals surface area contributed by atoms with Crippen molar-refractivity contribution in [2.75, 3.05) is 31.1 Å². The zero-order valence-corrected chi connectivity index (χ0v) is 11.9. The summed E-state index contributed by atoms with van der Waals surface area (Å²) >= 11 is 0. The fourth-order valence-corrected chi connectivity index (χ4v) is 2.33. The molecule has 1 aromatic rings. The monoisotopic (exact) mass is 262 g/mol. The molecule has 2 rings (SSSR count). The largest absolute Gasteiger partial charge is 0.489 e. The first-order chi connectivity index (χ1) is 9.08. The Bertz CT molecular complexity index is 438. The lowest BCUT2D eigenvalue weighted by molar-refractivity contribution is -0.129. The molecule has 1 amide bonds. The minimum atomic E-state index is 0.159. The second-order valence-corrected chi connectivity index (χ2v) is 5.13. The number of anilines is 1. The molecule has 1 aromatic carbocycles. The second kappa shape index (κ2) is 5.95.